The average Bonchev–Trinajstić information content (AvgIpc) is 2.40. The molecule has 0 aliphatic carbocycles. The smallest absolute Gasteiger partial charge is 0.129 e. The van der Waals surface area contributed by atoms with E-state index in [2.05, 4.69) is 0 Å². The van der Waals surface area contributed by atoms with E-state index in [1.807, 2.05) is 38.1 Å². The summed E-state index contributed by atoms with van der Waals surface area (Å²) in [6.07, 6.45) is -0.786. The Kier molecular flexibility index (Phi) is 4.61. The van der Waals surface area contributed by atoms with Crippen LogP contribution in [0.1, 0.15) is 22.8 Å². The van der Waals surface area contributed by atoms with Crippen LogP contribution in [-0.2, 0) is 0 Å². The van der Waals surface area contributed by atoms with Crippen LogP contribution in [0.2, 0.25) is 0 Å². The largest absolute Gasteiger partial charge is 0.387 e. The standard InChI is InChI=1S/C16H17FOS/c1-11-3-6-13(7-4-11)19-10-16(18)14-9-12(2)5-8-15(14)17/h3-9,16,18H,10H2,1-2H3. The molecule has 2 rings (SSSR count). The van der Waals surface area contributed by atoms with Gasteiger partial charge >= 0.3 is 0 Å². The van der Waals surface area contributed by atoms with Crippen molar-refractivity contribution in [2.24, 2.45) is 0 Å². The lowest BCUT2D eigenvalue weighted by Crippen LogP contribution is -2.04. The molecule has 19 heavy (non-hydrogen) atoms. The molecule has 1 atom stereocenters. The molecule has 0 amide bonds. The maximum Gasteiger partial charge on any atom is 0.129 e. The number of thioether (sulfide) groups is 1. The highest BCUT2D eigenvalue weighted by atomic mass is 32.2. The number of halogens is 1. The number of hydrogen-bond donors (Lipinski definition) is 1. The third-order valence-electron chi connectivity index (χ3n) is 2.94. The molecule has 0 radical (unpaired) electrons. The molecule has 0 aromatic heterocycles. The van der Waals surface area contributed by atoms with Crippen molar-refractivity contribution in [2.75, 3.05) is 5.75 Å². The van der Waals surface area contributed by atoms with Crippen molar-refractivity contribution in [3.8, 4) is 0 Å². The zero-order chi connectivity index (χ0) is 13.8. The van der Waals surface area contributed by atoms with E-state index in [0.717, 1.165) is 10.5 Å². The molecule has 1 nitrogen and oxygen atoms in total. The second kappa shape index (κ2) is 6.22. The molecule has 0 saturated carbocycles. The summed E-state index contributed by atoms with van der Waals surface area (Å²) in [5.41, 5.74) is 2.53. The molecular formula is C16H17FOS. The Hall–Kier alpha value is -1.32. The van der Waals surface area contributed by atoms with Gasteiger partial charge in [0, 0.05) is 16.2 Å². The first-order valence-electron chi connectivity index (χ1n) is 6.20. The maximum absolute atomic E-state index is 13.6. The number of aryl methyl sites for hydroxylation is 2. The molecular weight excluding hydrogens is 259 g/mol. The number of benzene rings is 2. The van der Waals surface area contributed by atoms with E-state index in [1.165, 1.54) is 23.4 Å². The number of aliphatic hydroxyl groups is 1. The average molecular weight is 276 g/mol. The van der Waals surface area contributed by atoms with Crippen LogP contribution < -0.4 is 0 Å². The van der Waals surface area contributed by atoms with Gasteiger partial charge < -0.3 is 5.11 Å². The monoisotopic (exact) mass is 276 g/mol. The fourth-order valence-electron chi connectivity index (χ4n) is 1.82. The van der Waals surface area contributed by atoms with E-state index in [4.69, 9.17) is 0 Å². The first-order chi connectivity index (χ1) is 9.06. The molecule has 0 heterocycles. The van der Waals surface area contributed by atoms with Crippen molar-refractivity contribution >= 4 is 11.8 Å². The van der Waals surface area contributed by atoms with E-state index in [-0.39, 0.29) is 5.82 Å². The van der Waals surface area contributed by atoms with Gasteiger partial charge in [0.25, 0.3) is 0 Å². The van der Waals surface area contributed by atoms with Gasteiger partial charge in [-0.25, -0.2) is 4.39 Å². The van der Waals surface area contributed by atoms with Gasteiger partial charge in [-0.05, 0) is 32.0 Å². The summed E-state index contributed by atoms with van der Waals surface area (Å²) in [6.45, 7) is 3.92. The predicted octanol–water partition coefficient (Wildman–Crippen LogP) is 4.27. The molecule has 0 aliphatic heterocycles. The van der Waals surface area contributed by atoms with E-state index in [1.54, 1.807) is 12.1 Å². The molecule has 1 unspecified atom stereocenters. The van der Waals surface area contributed by atoms with Gasteiger partial charge in [0.15, 0.2) is 0 Å². The zero-order valence-corrected chi connectivity index (χ0v) is 11.9. The van der Waals surface area contributed by atoms with Gasteiger partial charge in [0.2, 0.25) is 0 Å². The van der Waals surface area contributed by atoms with Crippen LogP contribution in [0, 0.1) is 19.7 Å². The molecule has 0 fully saturated rings. The van der Waals surface area contributed by atoms with Gasteiger partial charge in [-0.2, -0.15) is 0 Å². The first kappa shape index (κ1) is 14.1. The van der Waals surface area contributed by atoms with Crippen LogP contribution in [0.15, 0.2) is 47.4 Å². The SMILES string of the molecule is Cc1ccc(SCC(O)c2cc(C)ccc2F)cc1. The summed E-state index contributed by atoms with van der Waals surface area (Å²) in [7, 11) is 0. The second-order valence-electron chi connectivity index (χ2n) is 4.66. The predicted molar refractivity (Wildman–Crippen MR) is 78.0 cm³/mol. The van der Waals surface area contributed by atoms with Crippen LogP contribution in [0.5, 0.6) is 0 Å². The van der Waals surface area contributed by atoms with Crippen molar-refractivity contribution in [1.82, 2.24) is 0 Å². The topological polar surface area (TPSA) is 20.2 Å². The third kappa shape index (κ3) is 3.82. The van der Waals surface area contributed by atoms with Gasteiger partial charge in [-0.3, -0.25) is 0 Å². The Balaban J connectivity index is 2.03. The van der Waals surface area contributed by atoms with E-state index in [0.29, 0.717) is 11.3 Å². The summed E-state index contributed by atoms with van der Waals surface area (Å²) in [4.78, 5) is 1.08. The highest BCUT2D eigenvalue weighted by Gasteiger charge is 2.13. The Morgan fingerprint density at radius 1 is 1.05 bits per heavy atom. The fourth-order valence-corrected chi connectivity index (χ4v) is 2.68. The minimum atomic E-state index is -0.786. The Labute approximate surface area is 117 Å². The highest BCUT2D eigenvalue weighted by molar-refractivity contribution is 7.99. The van der Waals surface area contributed by atoms with Gasteiger partial charge in [0.1, 0.15) is 5.82 Å². The lowest BCUT2D eigenvalue weighted by molar-refractivity contribution is 0.199. The van der Waals surface area contributed by atoms with Crippen molar-refractivity contribution in [3.63, 3.8) is 0 Å². The number of hydrogen-bond acceptors (Lipinski definition) is 2. The normalized spacial score (nSPS) is 12.4. The number of rotatable bonds is 4. The molecule has 0 saturated heterocycles. The molecule has 3 heteroatoms. The molecule has 0 aliphatic rings. The summed E-state index contributed by atoms with van der Waals surface area (Å²) < 4.78 is 13.6. The molecule has 1 N–H and O–H groups in total. The first-order valence-corrected chi connectivity index (χ1v) is 7.18. The van der Waals surface area contributed by atoms with Gasteiger partial charge in [-0.1, -0.05) is 35.4 Å². The van der Waals surface area contributed by atoms with Crippen LogP contribution in [-0.4, -0.2) is 10.9 Å². The molecule has 100 valence electrons. The van der Waals surface area contributed by atoms with Gasteiger partial charge in [-0.15, -0.1) is 11.8 Å². The Morgan fingerprint density at radius 2 is 1.68 bits per heavy atom. The zero-order valence-electron chi connectivity index (χ0n) is 11.1. The second-order valence-corrected chi connectivity index (χ2v) is 5.76. The summed E-state index contributed by atoms with van der Waals surface area (Å²) in [5.74, 6) is 0.103. The van der Waals surface area contributed by atoms with Crippen molar-refractivity contribution in [3.05, 3.63) is 65.0 Å². The number of aliphatic hydroxyl groups excluding tert-OH is 1. The third-order valence-corrected chi connectivity index (χ3v) is 4.03. The minimum Gasteiger partial charge on any atom is -0.387 e. The van der Waals surface area contributed by atoms with E-state index >= 15 is 0 Å². The van der Waals surface area contributed by atoms with Crippen LogP contribution >= 0.6 is 11.8 Å². The fraction of sp³-hybridized carbons (Fsp3) is 0.250. The van der Waals surface area contributed by atoms with Crippen molar-refractivity contribution in [2.45, 2.75) is 24.8 Å². The summed E-state index contributed by atoms with van der Waals surface area (Å²) in [6, 6.07) is 12.9. The van der Waals surface area contributed by atoms with Gasteiger partial charge in [0.05, 0.1) is 6.10 Å². The highest BCUT2D eigenvalue weighted by Crippen LogP contribution is 2.26. The van der Waals surface area contributed by atoms with E-state index < -0.39 is 6.10 Å². The van der Waals surface area contributed by atoms with Crippen LogP contribution in [0.3, 0.4) is 0 Å². The minimum absolute atomic E-state index is 0.345. The molecule has 0 bridgehead atoms. The molecule has 2 aromatic carbocycles. The quantitative estimate of drug-likeness (QED) is 0.842. The maximum atomic E-state index is 13.6. The lowest BCUT2D eigenvalue weighted by atomic mass is 10.1. The Morgan fingerprint density at radius 3 is 2.37 bits per heavy atom. The summed E-state index contributed by atoms with van der Waals surface area (Å²) in [5, 5.41) is 10.1. The van der Waals surface area contributed by atoms with Crippen molar-refractivity contribution < 1.29 is 9.50 Å². The lowest BCUT2D eigenvalue weighted by Gasteiger charge is -2.12. The van der Waals surface area contributed by atoms with Crippen LogP contribution in [0.25, 0.3) is 0 Å². The van der Waals surface area contributed by atoms with Crippen molar-refractivity contribution in [1.29, 1.82) is 0 Å². The van der Waals surface area contributed by atoms with E-state index in [9.17, 15) is 9.50 Å². The Bertz CT molecular complexity index is 551. The van der Waals surface area contributed by atoms with Crippen LogP contribution in [0.4, 0.5) is 4.39 Å². The molecule has 2 aromatic rings. The molecule has 0 spiro atoms. The summed E-state index contributed by atoms with van der Waals surface area (Å²) >= 11 is 1.53.